The van der Waals surface area contributed by atoms with Gasteiger partial charge in [0.2, 0.25) is 0 Å². The highest BCUT2D eigenvalue weighted by atomic mass is 35.5. The third-order valence-electron chi connectivity index (χ3n) is 7.07. The average molecular weight is 517 g/mol. The Morgan fingerprint density at radius 3 is 2.67 bits per heavy atom. The SMILES string of the molecule is N#CC1(CNc2cccc(-c3cc(NC4CCC(NC[C@@H](O)CF)CC4)ncc3Cl)n2)CCOCC1. The smallest absolute Gasteiger partial charge is 0.126 e. The maximum Gasteiger partial charge on any atom is 0.126 e. The highest BCUT2D eigenvalue weighted by molar-refractivity contribution is 6.33. The predicted molar refractivity (Wildman–Crippen MR) is 139 cm³/mol. The Morgan fingerprint density at radius 2 is 1.94 bits per heavy atom. The van der Waals surface area contributed by atoms with E-state index in [9.17, 15) is 14.8 Å². The fourth-order valence-electron chi connectivity index (χ4n) is 4.76. The molecule has 36 heavy (non-hydrogen) atoms. The molecule has 4 N–H and O–H groups in total. The van der Waals surface area contributed by atoms with Crippen molar-refractivity contribution in [2.45, 2.75) is 56.7 Å². The topological polar surface area (TPSA) is 115 Å². The minimum atomic E-state index is -0.936. The van der Waals surface area contributed by atoms with Crippen LogP contribution in [0.3, 0.4) is 0 Å². The van der Waals surface area contributed by atoms with Crippen LogP contribution >= 0.6 is 11.6 Å². The molecule has 0 unspecified atom stereocenters. The first-order valence-electron chi connectivity index (χ1n) is 12.6. The Labute approximate surface area is 216 Å². The molecule has 1 aliphatic heterocycles. The molecule has 4 rings (SSSR count). The molecule has 0 aromatic carbocycles. The van der Waals surface area contributed by atoms with E-state index in [-0.39, 0.29) is 12.6 Å². The van der Waals surface area contributed by atoms with Gasteiger partial charge in [-0.25, -0.2) is 14.4 Å². The fourth-order valence-corrected chi connectivity index (χ4v) is 4.96. The van der Waals surface area contributed by atoms with E-state index in [4.69, 9.17) is 21.3 Å². The van der Waals surface area contributed by atoms with Crippen LogP contribution in [-0.2, 0) is 4.74 Å². The zero-order valence-electron chi connectivity index (χ0n) is 20.4. The van der Waals surface area contributed by atoms with E-state index in [0.29, 0.717) is 49.5 Å². The van der Waals surface area contributed by atoms with Gasteiger partial charge in [-0.1, -0.05) is 17.7 Å². The van der Waals surface area contributed by atoms with E-state index in [1.165, 1.54) is 0 Å². The van der Waals surface area contributed by atoms with Crippen LogP contribution in [0.4, 0.5) is 16.0 Å². The van der Waals surface area contributed by atoms with Gasteiger partial charge in [-0.15, -0.1) is 0 Å². The number of aliphatic hydroxyl groups is 1. The number of nitrogens with one attached hydrogen (secondary N) is 3. The lowest BCUT2D eigenvalue weighted by molar-refractivity contribution is 0.0455. The molecular weight excluding hydrogens is 483 g/mol. The molecule has 2 fully saturated rings. The number of aromatic nitrogens is 2. The molecule has 2 aliphatic rings. The number of pyridine rings is 2. The zero-order chi connectivity index (χ0) is 25.4. The summed E-state index contributed by atoms with van der Waals surface area (Å²) in [5.74, 6) is 1.43. The molecule has 194 valence electrons. The van der Waals surface area contributed by atoms with Gasteiger partial charge in [0.1, 0.15) is 18.3 Å². The summed E-state index contributed by atoms with van der Waals surface area (Å²) in [5.41, 5.74) is 1.07. The third-order valence-corrected chi connectivity index (χ3v) is 7.38. The zero-order valence-corrected chi connectivity index (χ0v) is 21.1. The Morgan fingerprint density at radius 1 is 1.19 bits per heavy atom. The highest BCUT2D eigenvalue weighted by Gasteiger charge is 2.32. The van der Waals surface area contributed by atoms with Gasteiger partial charge in [-0.3, -0.25) is 0 Å². The van der Waals surface area contributed by atoms with Crippen LogP contribution in [0.5, 0.6) is 0 Å². The minimum Gasteiger partial charge on any atom is -0.389 e. The number of ether oxygens (including phenoxy) is 1. The standard InChI is InChI=1S/C26H34ClFN6O2/c27-22-15-31-25(33-19-6-4-18(5-7-19)30-14-20(35)13-28)12-21(22)23-2-1-3-24(34-23)32-17-26(16-29)8-10-36-11-9-26/h1-3,12,15,18-20,30,35H,4-11,13-14,17H2,(H,31,33)(H,32,34)/t18?,19?,20-/m0/s1. The molecule has 0 radical (unpaired) electrons. The first-order chi connectivity index (χ1) is 17.5. The molecule has 1 atom stereocenters. The van der Waals surface area contributed by atoms with Crippen LogP contribution in [0, 0.1) is 16.7 Å². The molecule has 0 bridgehead atoms. The van der Waals surface area contributed by atoms with Crippen molar-refractivity contribution in [3.8, 4) is 17.3 Å². The van der Waals surface area contributed by atoms with E-state index >= 15 is 0 Å². The molecule has 1 saturated carbocycles. The molecule has 2 aromatic rings. The number of hydrogen-bond acceptors (Lipinski definition) is 8. The number of hydrogen-bond donors (Lipinski definition) is 4. The second-order valence-corrected chi connectivity index (χ2v) is 10.1. The predicted octanol–water partition coefficient (Wildman–Crippen LogP) is 4.17. The summed E-state index contributed by atoms with van der Waals surface area (Å²) in [6, 6.07) is 10.7. The van der Waals surface area contributed by atoms with Gasteiger partial charge in [0.25, 0.3) is 0 Å². The van der Waals surface area contributed by atoms with E-state index in [0.717, 1.165) is 42.8 Å². The number of rotatable bonds is 10. The summed E-state index contributed by atoms with van der Waals surface area (Å²) >= 11 is 6.50. The number of nitriles is 1. The maximum absolute atomic E-state index is 12.5. The molecule has 8 nitrogen and oxygen atoms in total. The van der Waals surface area contributed by atoms with Crippen LogP contribution in [0.25, 0.3) is 11.3 Å². The van der Waals surface area contributed by atoms with Crippen LogP contribution in [-0.4, -0.2) is 66.2 Å². The molecule has 1 saturated heterocycles. The molecule has 3 heterocycles. The van der Waals surface area contributed by atoms with Crippen molar-refractivity contribution < 1.29 is 14.2 Å². The van der Waals surface area contributed by atoms with Crippen molar-refractivity contribution >= 4 is 23.2 Å². The fraction of sp³-hybridized carbons (Fsp3) is 0.577. The minimum absolute atomic E-state index is 0.276. The second kappa shape index (κ2) is 12.6. The van der Waals surface area contributed by atoms with Crippen LogP contribution < -0.4 is 16.0 Å². The highest BCUT2D eigenvalue weighted by Crippen LogP contribution is 2.32. The summed E-state index contributed by atoms with van der Waals surface area (Å²) in [6.45, 7) is 1.29. The summed E-state index contributed by atoms with van der Waals surface area (Å²) in [6.07, 6.45) is 5.91. The summed E-state index contributed by atoms with van der Waals surface area (Å²) in [4.78, 5) is 9.21. The number of anilines is 2. The van der Waals surface area contributed by atoms with E-state index in [1.54, 1.807) is 6.20 Å². The van der Waals surface area contributed by atoms with Gasteiger partial charge in [0.05, 0.1) is 28.3 Å². The Bertz CT molecular complexity index is 1040. The van der Waals surface area contributed by atoms with Crippen molar-refractivity contribution in [2.24, 2.45) is 5.41 Å². The first-order valence-corrected chi connectivity index (χ1v) is 13.0. The monoisotopic (exact) mass is 516 g/mol. The van der Waals surface area contributed by atoms with Crippen LogP contribution in [0.1, 0.15) is 38.5 Å². The summed E-state index contributed by atoms with van der Waals surface area (Å²) in [5, 5.41) is 29.7. The lowest BCUT2D eigenvalue weighted by Crippen LogP contribution is -2.40. The normalized spacial score (nSPS) is 22.4. The van der Waals surface area contributed by atoms with Gasteiger partial charge < -0.3 is 25.8 Å². The average Bonchev–Trinajstić information content (AvgIpc) is 2.93. The van der Waals surface area contributed by atoms with Crippen LogP contribution in [0.15, 0.2) is 30.5 Å². The van der Waals surface area contributed by atoms with E-state index < -0.39 is 18.2 Å². The van der Waals surface area contributed by atoms with Gasteiger partial charge >= 0.3 is 0 Å². The Kier molecular flexibility index (Phi) is 9.32. The second-order valence-electron chi connectivity index (χ2n) is 9.72. The maximum atomic E-state index is 12.5. The van der Waals surface area contributed by atoms with Gasteiger partial charge in [0.15, 0.2) is 0 Å². The van der Waals surface area contributed by atoms with E-state index in [2.05, 4.69) is 27.0 Å². The summed E-state index contributed by atoms with van der Waals surface area (Å²) in [7, 11) is 0. The van der Waals surface area contributed by atoms with Gasteiger partial charge in [-0.05, 0) is 56.7 Å². The van der Waals surface area contributed by atoms with Crippen molar-refractivity contribution in [2.75, 3.05) is 43.6 Å². The molecule has 1 aliphatic carbocycles. The van der Waals surface area contributed by atoms with Crippen molar-refractivity contribution in [3.63, 3.8) is 0 Å². The van der Waals surface area contributed by atoms with E-state index in [1.807, 2.05) is 24.3 Å². The first kappa shape index (κ1) is 26.6. The lowest BCUT2D eigenvalue weighted by Gasteiger charge is -2.31. The molecule has 0 spiro atoms. The Hall–Kier alpha value is -2.51. The van der Waals surface area contributed by atoms with Crippen molar-refractivity contribution in [1.29, 1.82) is 5.26 Å². The largest absolute Gasteiger partial charge is 0.389 e. The number of alkyl halides is 1. The molecule has 2 aromatic heterocycles. The quantitative estimate of drug-likeness (QED) is 0.372. The van der Waals surface area contributed by atoms with Gasteiger partial charge in [0, 0.05) is 50.1 Å². The number of nitrogens with zero attached hydrogens (tertiary/aromatic N) is 3. The van der Waals surface area contributed by atoms with Gasteiger partial charge in [-0.2, -0.15) is 5.26 Å². The third kappa shape index (κ3) is 7.04. The lowest BCUT2D eigenvalue weighted by atomic mass is 9.82. The number of aliphatic hydroxyl groups excluding tert-OH is 1. The molecule has 0 amide bonds. The van der Waals surface area contributed by atoms with Crippen LogP contribution in [0.2, 0.25) is 5.02 Å². The Balaban J connectivity index is 1.36. The van der Waals surface area contributed by atoms with Crippen molar-refractivity contribution in [1.82, 2.24) is 15.3 Å². The van der Waals surface area contributed by atoms with Crippen molar-refractivity contribution in [3.05, 3.63) is 35.5 Å². The molecule has 10 heteroatoms. The molecular formula is C26H34ClFN6O2. The number of halogens is 2. The summed E-state index contributed by atoms with van der Waals surface area (Å²) < 4.78 is 17.9.